The van der Waals surface area contributed by atoms with Gasteiger partial charge >= 0.3 is 5.97 Å². The van der Waals surface area contributed by atoms with Crippen LogP contribution in [0, 0.1) is 17.8 Å². The Morgan fingerprint density at radius 2 is 2.00 bits per heavy atom. The molecule has 0 saturated heterocycles. The fourth-order valence-electron chi connectivity index (χ4n) is 2.33. The van der Waals surface area contributed by atoms with Crippen LogP contribution in [0.4, 0.5) is 0 Å². The highest BCUT2D eigenvalue weighted by molar-refractivity contribution is 5.85. The average molecular weight is 196 g/mol. The lowest BCUT2D eigenvalue weighted by atomic mass is 9.75. The smallest absolute Gasteiger partial charge is 0.330 e. The highest BCUT2D eigenvalue weighted by atomic mass is 16.4. The van der Waals surface area contributed by atoms with Gasteiger partial charge in [-0.25, -0.2) is 4.79 Å². The molecule has 3 atom stereocenters. The fraction of sp³-hybridized carbons (Fsp3) is 0.750. The van der Waals surface area contributed by atoms with Crippen LogP contribution in [0.3, 0.4) is 0 Å². The standard InChI is InChI=1S/C12H20O2/c1-8-4-5-11(9(2)6-8)7-10(3)12(13)14/h7-9,11H,4-6H2,1-3H3,(H,13,14). The monoisotopic (exact) mass is 196 g/mol. The summed E-state index contributed by atoms with van der Waals surface area (Å²) in [6.07, 6.45) is 5.55. The van der Waals surface area contributed by atoms with Crippen LogP contribution in [0.2, 0.25) is 0 Å². The minimum absolute atomic E-state index is 0.474. The van der Waals surface area contributed by atoms with Gasteiger partial charge in [0.1, 0.15) is 0 Å². The summed E-state index contributed by atoms with van der Waals surface area (Å²) in [5, 5.41) is 8.78. The van der Waals surface area contributed by atoms with E-state index < -0.39 is 5.97 Å². The molecule has 0 aliphatic heterocycles. The summed E-state index contributed by atoms with van der Waals surface area (Å²) < 4.78 is 0. The Labute approximate surface area is 86.0 Å². The maximum Gasteiger partial charge on any atom is 0.330 e. The van der Waals surface area contributed by atoms with Crippen LogP contribution >= 0.6 is 0 Å². The van der Waals surface area contributed by atoms with Crippen molar-refractivity contribution in [1.29, 1.82) is 0 Å². The lowest BCUT2D eigenvalue weighted by Gasteiger charge is -2.30. The fourth-order valence-corrected chi connectivity index (χ4v) is 2.33. The zero-order valence-corrected chi connectivity index (χ0v) is 9.29. The Kier molecular flexibility index (Phi) is 3.73. The number of rotatable bonds is 2. The second-order valence-electron chi connectivity index (χ2n) is 4.71. The molecule has 1 aliphatic carbocycles. The molecule has 1 N–H and O–H groups in total. The van der Waals surface area contributed by atoms with Gasteiger partial charge in [-0.1, -0.05) is 26.3 Å². The van der Waals surface area contributed by atoms with E-state index in [0.717, 1.165) is 12.3 Å². The molecular formula is C12H20O2. The van der Waals surface area contributed by atoms with Gasteiger partial charge in [0.15, 0.2) is 0 Å². The van der Waals surface area contributed by atoms with Crippen LogP contribution < -0.4 is 0 Å². The third-order valence-electron chi connectivity index (χ3n) is 3.30. The molecule has 0 bridgehead atoms. The van der Waals surface area contributed by atoms with E-state index in [-0.39, 0.29) is 0 Å². The Balaban J connectivity index is 2.61. The summed E-state index contributed by atoms with van der Waals surface area (Å²) in [4.78, 5) is 10.7. The van der Waals surface area contributed by atoms with Gasteiger partial charge in [0.2, 0.25) is 0 Å². The SMILES string of the molecule is CC(=CC1CCC(C)CC1C)C(=O)O. The van der Waals surface area contributed by atoms with E-state index in [1.807, 2.05) is 6.08 Å². The van der Waals surface area contributed by atoms with E-state index in [0.29, 0.717) is 17.4 Å². The largest absolute Gasteiger partial charge is 0.478 e. The predicted molar refractivity (Wildman–Crippen MR) is 57.1 cm³/mol. The van der Waals surface area contributed by atoms with E-state index in [1.54, 1.807) is 6.92 Å². The Morgan fingerprint density at radius 3 is 2.50 bits per heavy atom. The van der Waals surface area contributed by atoms with E-state index >= 15 is 0 Å². The first kappa shape index (κ1) is 11.3. The van der Waals surface area contributed by atoms with E-state index in [1.165, 1.54) is 12.8 Å². The molecule has 0 aromatic heterocycles. The van der Waals surface area contributed by atoms with Crippen molar-refractivity contribution >= 4 is 5.97 Å². The summed E-state index contributed by atoms with van der Waals surface area (Å²) in [5.74, 6) is 1.13. The first-order valence-corrected chi connectivity index (χ1v) is 5.42. The molecule has 0 radical (unpaired) electrons. The quantitative estimate of drug-likeness (QED) is 0.689. The molecule has 3 unspecified atom stereocenters. The van der Waals surface area contributed by atoms with E-state index in [4.69, 9.17) is 5.11 Å². The van der Waals surface area contributed by atoms with Crippen molar-refractivity contribution in [2.24, 2.45) is 17.8 Å². The number of aliphatic carboxylic acids is 1. The molecule has 0 amide bonds. The molecule has 0 aromatic carbocycles. The molecular weight excluding hydrogens is 176 g/mol. The molecule has 1 aliphatic rings. The van der Waals surface area contributed by atoms with E-state index in [2.05, 4.69) is 13.8 Å². The van der Waals surface area contributed by atoms with Gasteiger partial charge in [-0.15, -0.1) is 0 Å². The van der Waals surface area contributed by atoms with Crippen molar-refractivity contribution < 1.29 is 9.90 Å². The number of carboxylic acid groups (broad SMARTS) is 1. The van der Waals surface area contributed by atoms with Crippen LogP contribution in [0.1, 0.15) is 40.0 Å². The number of allylic oxidation sites excluding steroid dienone is 1. The second kappa shape index (κ2) is 4.63. The number of hydrogen-bond donors (Lipinski definition) is 1. The molecule has 1 fully saturated rings. The molecule has 2 heteroatoms. The molecule has 14 heavy (non-hydrogen) atoms. The van der Waals surface area contributed by atoms with Crippen LogP contribution in [0.5, 0.6) is 0 Å². The number of carboxylic acids is 1. The normalized spacial score (nSPS) is 34.2. The molecule has 80 valence electrons. The average Bonchev–Trinajstić information content (AvgIpc) is 2.09. The topological polar surface area (TPSA) is 37.3 Å². The number of hydrogen-bond acceptors (Lipinski definition) is 1. The van der Waals surface area contributed by atoms with Crippen molar-refractivity contribution in [2.75, 3.05) is 0 Å². The number of carbonyl (C=O) groups is 1. The van der Waals surface area contributed by atoms with Gasteiger partial charge in [-0.3, -0.25) is 0 Å². The van der Waals surface area contributed by atoms with Crippen molar-refractivity contribution in [3.63, 3.8) is 0 Å². The van der Waals surface area contributed by atoms with Crippen molar-refractivity contribution in [2.45, 2.75) is 40.0 Å². The van der Waals surface area contributed by atoms with Gasteiger partial charge in [0.25, 0.3) is 0 Å². The third-order valence-corrected chi connectivity index (χ3v) is 3.30. The van der Waals surface area contributed by atoms with Gasteiger partial charge in [0.05, 0.1) is 0 Å². The lowest BCUT2D eigenvalue weighted by molar-refractivity contribution is -0.132. The minimum atomic E-state index is -0.782. The highest BCUT2D eigenvalue weighted by Crippen LogP contribution is 2.34. The molecule has 2 nitrogen and oxygen atoms in total. The summed E-state index contributed by atoms with van der Waals surface area (Å²) in [6, 6.07) is 0. The summed E-state index contributed by atoms with van der Waals surface area (Å²) in [5.41, 5.74) is 0.497. The van der Waals surface area contributed by atoms with Gasteiger partial charge in [-0.2, -0.15) is 0 Å². The Bertz CT molecular complexity index is 243. The molecule has 1 rings (SSSR count). The molecule has 0 aromatic rings. The third kappa shape index (κ3) is 2.86. The Hall–Kier alpha value is -0.790. The van der Waals surface area contributed by atoms with Crippen LogP contribution in [0.15, 0.2) is 11.6 Å². The van der Waals surface area contributed by atoms with Crippen LogP contribution in [0.25, 0.3) is 0 Å². The van der Waals surface area contributed by atoms with Crippen LogP contribution in [-0.4, -0.2) is 11.1 Å². The zero-order chi connectivity index (χ0) is 10.7. The van der Waals surface area contributed by atoms with Crippen molar-refractivity contribution in [1.82, 2.24) is 0 Å². The van der Waals surface area contributed by atoms with Crippen molar-refractivity contribution in [3.8, 4) is 0 Å². The van der Waals surface area contributed by atoms with E-state index in [9.17, 15) is 4.79 Å². The lowest BCUT2D eigenvalue weighted by Crippen LogP contribution is -2.20. The predicted octanol–water partition coefficient (Wildman–Crippen LogP) is 3.09. The summed E-state index contributed by atoms with van der Waals surface area (Å²) >= 11 is 0. The van der Waals surface area contributed by atoms with Crippen LogP contribution in [-0.2, 0) is 4.79 Å². The highest BCUT2D eigenvalue weighted by Gasteiger charge is 2.24. The molecule has 0 heterocycles. The minimum Gasteiger partial charge on any atom is -0.478 e. The summed E-state index contributed by atoms with van der Waals surface area (Å²) in [7, 11) is 0. The Morgan fingerprint density at radius 1 is 1.36 bits per heavy atom. The summed E-state index contributed by atoms with van der Waals surface area (Å²) in [6.45, 7) is 6.19. The van der Waals surface area contributed by atoms with Gasteiger partial charge in [-0.05, 0) is 37.5 Å². The molecule has 1 saturated carbocycles. The van der Waals surface area contributed by atoms with Gasteiger partial charge in [0, 0.05) is 5.57 Å². The first-order valence-electron chi connectivity index (χ1n) is 5.42. The van der Waals surface area contributed by atoms with Crippen molar-refractivity contribution in [3.05, 3.63) is 11.6 Å². The zero-order valence-electron chi connectivity index (χ0n) is 9.29. The van der Waals surface area contributed by atoms with Gasteiger partial charge < -0.3 is 5.11 Å². The maximum atomic E-state index is 10.7. The maximum absolute atomic E-state index is 10.7. The second-order valence-corrected chi connectivity index (χ2v) is 4.71. The molecule has 0 spiro atoms. The first-order chi connectivity index (χ1) is 6.50.